The monoisotopic (exact) mass is 439 g/mol. The molecule has 0 bridgehead atoms. The zero-order valence-electron chi connectivity index (χ0n) is 17.7. The van der Waals surface area contributed by atoms with Crippen molar-refractivity contribution < 1.29 is 19.1 Å². The maximum Gasteiger partial charge on any atom is 0.311 e. The highest BCUT2D eigenvalue weighted by Crippen LogP contribution is 2.32. The number of carbonyl (C=O) groups excluding carboxylic acids is 2. The Hall–Kier alpha value is -3.26. The molecule has 0 radical (unpaired) electrons. The van der Waals surface area contributed by atoms with Crippen molar-refractivity contribution in [3.8, 4) is 5.75 Å². The van der Waals surface area contributed by atoms with Gasteiger partial charge in [-0.3, -0.25) is 9.59 Å². The minimum Gasteiger partial charge on any atom is -0.497 e. The summed E-state index contributed by atoms with van der Waals surface area (Å²) in [4.78, 5) is 29.4. The molecule has 2 aromatic carbocycles. The number of hydrogen-bond acceptors (Lipinski definition) is 7. The second-order valence-electron chi connectivity index (χ2n) is 6.75. The predicted molar refractivity (Wildman–Crippen MR) is 125 cm³/mol. The molecule has 1 aliphatic heterocycles. The predicted octanol–water partition coefficient (Wildman–Crippen LogP) is 4.75. The second kappa shape index (κ2) is 10.7. The molecule has 1 heterocycles. The number of carbonyl (C=O) groups is 2. The summed E-state index contributed by atoms with van der Waals surface area (Å²) in [5.74, 6) is 0.252. The van der Waals surface area contributed by atoms with Gasteiger partial charge in [-0.1, -0.05) is 30.8 Å². The highest BCUT2D eigenvalue weighted by molar-refractivity contribution is 8.15. The topological polar surface area (TPSA) is 89.0 Å². The number of para-hydroxylation sites is 2. The van der Waals surface area contributed by atoms with Crippen LogP contribution in [-0.2, 0) is 14.3 Å². The first-order valence-electron chi connectivity index (χ1n) is 9.86. The van der Waals surface area contributed by atoms with Gasteiger partial charge < -0.3 is 20.1 Å². The Kier molecular flexibility index (Phi) is 7.72. The first kappa shape index (κ1) is 22.4. The largest absolute Gasteiger partial charge is 0.497 e. The molecule has 2 N–H and O–H groups in total. The summed E-state index contributed by atoms with van der Waals surface area (Å²) in [6.07, 6.45) is 2.49. The molecule has 0 saturated carbocycles. The number of ether oxygens (including phenoxy) is 2. The van der Waals surface area contributed by atoms with Crippen molar-refractivity contribution in [1.82, 2.24) is 0 Å². The molecule has 1 unspecified atom stereocenters. The fraction of sp³-hybridized carbons (Fsp3) is 0.261. The van der Waals surface area contributed by atoms with Crippen molar-refractivity contribution in [2.45, 2.75) is 25.0 Å². The van der Waals surface area contributed by atoms with Crippen molar-refractivity contribution in [3.05, 3.63) is 60.3 Å². The van der Waals surface area contributed by atoms with Crippen LogP contribution in [0.15, 0.2) is 65.3 Å². The van der Waals surface area contributed by atoms with E-state index in [2.05, 4.69) is 10.6 Å². The lowest BCUT2D eigenvalue weighted by atomic mass is 10.2. The van der Waals surface area contributed by atoms with E-state index in [9.17, 15) is 9.59 Å². The van der Waals surface area contributed by atoms with E-state index >= 15 is 0 Å². The Morgan fingerprint density at radius 1 is 1.13 bits per heavy atom. The lowest BCUT2D eigenvalue weighted by Crippen LogP contribution is -2.25. The van der Waals surface area contributed by atoms with Gasteiger partial charge >= 0.3 is 5.97 Å². The Labute approximate surface area is 185 Å². The van der Waals surface area contributed by atoms with Crippen molar-refractivity contribution in [1.29, 1.82) is 0 Å². The van der Waals surface area contributed by atoms with Gasteiger partial charge in [0.2, 0.25) is 5.91 Å². The third-order valence-corrected chi connectivity index (χ3v) is 5.86. The summed E-state index contributed by atoms with van der Waals surface area (Å²) < 4.78 is 9.95. The lowest BCUT2D eigenvalue weighted by molar-refractivity contribution is -0.139. The van der Waals surface area contributed by atoms with Gasteiger partial charge in [0.1, 0.15) is 5.75 Å². The van der Waals surface area contributed by atoms with E-state index in [-0.39, 0.29) is 23.5 Å². The standard InChI is InChI=1S/C23H25N3O4S/c1-4-20(23(28)25-15-9-11-17(29-2)12-10-15)31-21-13-16(14-22(27)30-3)24-18-7-5-6-8-19(18)26-21/h5-13,20,24H,4,14H2,1-3H3,(H,25,28). The summed E-state index contributed by atoms with van der Waals surface area (Å²) in [7, 11) is 2.95. The number of thioether (sulfide) groups is 1. The maximum atomic E-state index is 12.9. The number of hydrogen-bond donors (Lipinski definition) is 2. The van der Waals surface area contributed by atoms with E-state index in [4.69, 9.17) is 14.5 Å². The van der Waals surface area contributed by atoms with Gasteiger partial charge in [-0.15, -0.1) is 0 Å². The van der Waals surface area contributed by atoms with Crippen molar-refractivity contribution in [2.24, 2.45) is 4.99 Å². The van der Waals surface area contributed by atoms with E-state index in [1.165, 1.54) is 18.9 Å². The van der Waals surface area contributed by atoms with E-state index in [0.29, 0.717) is 22.8 Å². The highest BCUT2D eigenvalue weighted by Gasteiger charge is 2.22. The van der Waals surface area contributed by atoms with Crippen molar-refractivity contribution >= 4 is 45.7 Å². The van der Waals surface area contributed by atoms with Crippen LogP contribution in [0.1, 0.15) is 19.8 Å². The molecule has 31 heavy (non-hydrogen) atoms. The van der Waals surface area contributed by atoms with Crippen LogP contribution >= 0.6 is 11.8 Å². The molecule has 1 atom stereocenters. The molecular formula is C23H25N3O4S. The van der Waals surface area contributed by atoms with Gasteiger partial charge in [0.05, 0.1) is 42.3 Å². The quantitative estimate of drug-likeness (QED) is 0.606. The summed E-state index contributed by atoms with van der Waals surface area (Å²) in [5.41, 5.74) is 2.89. The average molecular weight is 440 g/mol. The number of rotatable bonds is 7. The molecule has 0 aliphatic carbocycles. The smallest absolute Gasteiger partial charge is 0.311 e. The average Bonchev–Trinajstić information content (AvgIpc) is 2.96. The van der Waals surface area contributed by atoms with Gasteiger partial charge in [-0.2, -0.15) is 0 Å². The molecule has 0 spiro atoms. The van der Waals surface area contributed by atoms with Gasteiger partial charge in [0.25, 0.3) is 0 Å². The third kappa shape index (κ3) is 6.11. The molecule has 1 amide bonds. The first-order chi connectivity index (χ1) is 15.0. The van der Waals surface area contributed by atoms with Crippen LogP contribution < -0.4 is 15.4 Å². The fourth-order valence-corrected chi connectivity index (χ4v) is 3.92. The second-order valence-corrected chi connectivity index (χ2v) is 7.97. The molecular weight excluding hydrogens is 414 g/mol. The summed E-state index contributed by atoms with van der Waals surface area (Å²) >= 11 is 1.36. The summed E-state index contributed by atoms with van der Waals surface area (Å²) in [5, 5.41) is 6.47. The van der Waals surface area contributed by atoms with Crippen LogP contribution in [-0.4, -0.2) is 36.4 Å². The zero-order chi connectivity index (χ0) is 22.2. The van der Waals surface area contributed by atoms with Crippen LogP contribution in [0.2, 0.25) is 0 Å². The Balaban J connectivity index is 1.80. The number of anilines is 2. The molecule has 0 fully saturated rings. The summed E-state index contributed by atoms with van der Waals surface area (Å²) in [6, 6.07) is 14.8. The molecule has 7 nitrogen and oxygen atoms in total. The highest BCUT2D eigenvalue weighted by atomic mass is 32.2. The minimum absolute atomic E-state index is 0.0826. The van der Waals surface area contributed by atoms with Crippen molar-refractivity contribution in [2.75, 3.05) is 24.9 Å². The number of nitrogens with zero attached hydrogens (tertiary/aromatic N) is 1. The van der Waals surface area contributed by atoms with Gasteiger partial charge in [0.15, 0.2) is 0 Å². The Bertz CT molecular complexity index is 1000. The first-order valence-corrected chi connectivity index (χ1v) is 10.7. The fourth-order valence-electron chi connectivity index (χ4n) is 2.93. The van der Waals surface area contributed by atoms with Gasteiger partial charge in [-0.25, -0.2) is 4.99 Å². The third-order valence-electron chi connectivity index (χ3n) is 4.57. The van der Waals surface area contributed by atoms with Gasteiger partial charge in [0, 0.05) is 11.4 Å². The Morgan fingerprint density at radius 3 is 2.55 bits per heavy atom. The molecule has 0 aromatic heterocycles. The number of aliphatic imine (C=N–C) groups is 1. The van der Waals surface area contributed by atoms with E-state index in [0.717, 1.165) is 17.1 Å². The maximum absolute atomic E-state index is 12.9. The summed E-state index contributed by atoms with van der Waals surface area (Å²) in [6.45, 7) is 1.95. The SMILES string of the molecule is CCC(SC1=Nc2ccccc2NC(CC(=O)OC)=C1)C(=O)Nc1ccc(OC)cc1. The van der Waals surface area contributed by atoms with Crippen LogP contribution in [0, 0.1) is 0 Å². The number of fused-ring (bicyclic) bond motifs is 1. The van der Waals surface area contributed by atoms with Crippen LogP contribution in [0.3, 0.4) is 0 Å². The molecule has 162 valence electrons. The number of amides is 1. The van der Waals surface area contributed by atoms with E-state index in [1.54, 1.807) is 37.5 Å². The number of esters is 1. The normalized spacial score (nSPS) is 13.5. The van der Waals surface area contributed by atoms with Crippen molar-refractivity contribution in [3.63, 3.8) is 0 Å². The number of nitrogens with one attached hydrogen (secondary N) is 2. The van der Waals surface area contributed by atoms with Crippen LogP contribution in [0.5, 0.6) is 5.75 Å². The molecule has 2 aromatic rings. The molecule has 8 heteroatoms. The lowest BCUT2D eigenvalue weighted by Gasteiger charge is -2.15. The molecule has 3 rings (SSSR count). The number of benzene rings is 2. The van der Waals surface area contributed by atoms with E-state index < -0.39 is 0 Å². The number of methoxy groups -OCH3 is 2. The van der Waals surface area contributed by atoms with Crippen LogP contribution in [0.4, 0.5) is 17.1 Å². The molecule has 0 saturated heterocycles. The minimum atomic E-state index is -0.359. The van der Waals surface area contributed by atoms with Crippen LogP contribution in [0.25, 0.3) is 0 Å². The molecule has 1 aliphatic rings. The zero-order valence-corrected chi connectivity index (χ0v) is 18.5. The van der Waals surface area contributed by atoms with Gasteiger partial charge in [-0.05, 0) is 48.9 Å². The van der Waals surface area contributed by atoms with E-state index in [1.807, 2.05) is 31.2 Å². The Morgan fingerprint density at radius 2 is 1.87 bits per heavy atom.